The molecule has 1 atom stereocenters. The summed E-state index contributed by atoms with van der Waals surface area (Å²) in [6, 6.07) is 3.69. The largest absolute Gasteiger partial charge is 0.387 e. The van der Waals surface area contributed by atoms with Gasteiger partial charge < -0.3 is 15.3 Å². The highest BCUT2D eigenvalue weighted by Crippen LogP contribution is 2.26. The van der Waals surface area contributed by atoms with E-state index in [0.717, 1.165) is 12.2 Å². The van der Waals surface area contributed by atoms with Crippen LogP contribution in [0.2, 0.25) is 0 Å². The van der Waals surface area contributed by atoms with Gasteiger partial charge in [-0.25, -0.2) is 0 Å². The van der Waals surface area contributed by atoms with E-state index >= 15 is 0 Å². The monoisotopic (exact) mass is 249 g/mol. The highest BCUT2D eigenvalue weighted by Gasteiger charge is 2.37. The maximum atomic E-state index is 11.9. The Morgan fingerprint density at radius 2 is 2.22 bits per heavy atom. The molecule has 1 unspecified atom stereocenters. The Bertz CT molecular complexity index is 440. The number of aliphatic hydroxyl groups is 1. The molecule has 1 fully saturated rings. The molecule has 18 heavy (non-hydrogen) atoms. The lowest BCUT2D eigenvalue weighted by Gasteiger charge is -2.42. The van der Waals surface area contributed by atoms with Crippen LogP contribution in [0, 0.1) is 0 Å². The van der Waals surface area contributed by atoms with Crippen molar-refractivity contribution in [1.29, 1.82) is 0 Å². The standard InChI is InChI=1S/C13H19N3O2/c1-9(17)11-5-4-10(8-15-11)16-7-6-14-12(18)13(16,2)3/h4-5,8-9,17H,6-7H2,1-3H3,(H,14,18). The number of nitrogens with one attached hydrogen (secondary N) is 1. The lowest BCUT2D eigenvalue weighted by atomic mass is 9.98. The second-order valence-corrected chi connectivity index (χ2v) is 5.08. The SMILES string of the molecule is CC(O)c1ccc(N2CCNC(=O)C2(C)C)cn1. The fourth-order valence-corrected chi connectivity index (χ4v) is 2.16. The Hall–Kier alpha value is -1.62. The quantitative estimate of drug-likeness (QED) is 0.815. The topological polar surface area (TPSA) is 65.5 Å². The molecule has 1 saturated heterocycles. The maximum absolute atomic E-state index is 11.9. The molecule has 1 aromatic heterocycles. The van der Waals surface area contributed by atoms with E-state index in [2.05, 4.69) is 10.3 Å². The highest BCUT2D eigenvalue weighted by atomic mass is 16.3. The number of amides is 1. The summed E-state index contributed by atoms with van der Waals surface area (Å²) in [5.41, 5.74) is 0.962. The minimum absolute atomic E-state index is 0.0216. The number of aromatic nitrogens is 1. The number of carbonyl (C=O) groups is 1. The van der Waals surface area contributed by atoms with Crippen LogP contribution in [0.1, 0.15) is 32.6 Å². The summed E-state index contributed by atoms with van der Waals surface area (Å²) in [5, 5.41) is 12.3. The van der Waals surface area contributed by atoms with E-state index < -0.39 is 11.6 Å². The third-order valence-corrected chi connectivity index (χ3v) is 3.36. The van der Waals surface area contributed by atoms with Gasteiger partial charge in [0.2, 0.25) is 5.91 Å². The van der Waals surface area contributed by atoms with E-state index in [9.17, 15) is 9.90 Å². The zero-order valence-corrected chi connectivity index (χ0v) is 11.0. The van der Waals surface area contributed by atoms with Crippen LogP contribution >= 0.6 is 0 Å². The van der Waals surface area contributed by atoms with Crippen molar-refractivity contribution in [2.24, 2.45) is 0 Å². The number of pyridine rings is 1. The molecule has 0 aliphatic carbocycles. The zero-order valence-electron chi connectivity index (χ0n) is 11.0. The highest BCUT2D eigenvalue weighted by molar-refractivity contribution is 5.90. The molecule has 1 aliphatic heterocycles. The van der Waals surface area contributed by atoms with Crippen molar-refractivity contribution >= 4 is 11.6 Å². The van der Waals surface area contributed by atoms with Crippen molar-refractivity contribution in [3.8, 4) is 0 Å². The molecule has 1 amide bonds. The fraction of sp³-hybridized carbons (Fsp3) is 0.538. The summed E-state index contributed by atoms with van der Waals surface area (Å²) in [6.07, 6.45) is 1.14. The van der Waals surface area contributed by atoms with Gasteiger partial charge in [-0.3, -0.25) is 9.78 Å². The molecular formula is C13H19N3O2. The van der Waals surface area contributed by atoms with E-state index in [1.807, 2.05) is 24.8 Å². The number of hydrogen-bond donors (Lipinski definition) is 2. The molecule has 2 rings (SSSR count). The van der Waals surface area contributed by atoms with Crippen LogP contribution in [0.25, 0.3) is 0 Å². The summed E-state index contributed by atoms with van der Waals surface area (Å²) < 4.78 is 0. The summed E-state index contributed by atoms with van der Waals surface area (Å²) in [7, 11) is 0. The van der Waals surface area contributed by atoms with Crippen LogP contribution in [0.5, 0.6) is 0 Å². The number of aliphatic hydroxyl groups excluding tert-OH is 1. The third-order valence-electron chi connectivity index (χ3n) is 3.36. The van der Waals surface area contributed by atoms with E-state index in [1.165, 1.54) is 0 Å². The number of nitrogens with zero attached hydrogens (tertiary/aromatic N) is 2. The Kier molecular flexibility index (Phi) is 3.26. The summed E-state index contributed by atoms with van der Waals surface area (Å²) in [5.74, 6) is 0.0216. The van der Waals surface area contributed by atoms with Gasteiger partial charge in [-0.15, -0.1) is 0 Å². The van der Waals surface area contributed by atoms with Crippen molar-refractivity contribution in [3.63, 3.8) is 0 Å². The van der Waals surface area contributed by atoms with Crippen molar-refractivity contribution < 1.29 is 9.90 Å². The van der Waals surface area contributed by atoms with E-state index in [4.69, 9.17) is 0 Å². The van der Waals surface area contributed by atoms with Gasteiger partial charge in [0.15, 0.2) is 0 Å². The molecule has 5 nitrogen and oxygen atoms in total. The van der Waals surface area contributed by atoms with Crippen molar-refractivity contribution in [2.45, 2.75) is 32.4 Å². The zero-order chi connectivity index (χ0) is 13.3. The lowest BCUT2D eigenvalue weighted by molar-refractivity contribution is -0.126. The number of rotatable bonds is 2. The third kappa shape index (κ3) is 2.18. The van der Waals surface area contributed by atoms with Crippen molar-refractivity contribution in [3.05, 3.63) is 24.0 Å². The van der Waals surface area contributed by atoms with Gasteiger partial charge in [-0.2, -0.15) is 0 Å². The molecular weight excluding hydrogens is 230 g/mol. The minimum Gasteiger partial charge on any atom is -0.387 e. The van der Waals surface area contributed by atoms with Gasteiger partial charge in [-0.1, -0.05) is 0 Å². The first kappa shape index (κ1) is 12.8. The van der Waals surface area contributed by atoms with Gasteiger partial charge in [0.05, 0.1) is 23.7 Å². The summed E-state index contributed by atoms with van der Waals surface area (Å²) in [4.78, 5) is 18.1. The van der Waals surface area contributed by atoms with E-state index in [1.54, 1.807) is 19.2 Å². The van der Waals surface area contributed by atoms with Crippen LogP contribution in [-0.2, 0) is 4.79 Å². The average molecular weight is 249 g/mol. The first-order valence-electron chi connectivity index (χ1n) is 6.13. The molecule has 2 heterocycles. The first-order chi connectivity index (χ1) is 8.43. The molecule has 2 N–H and O–H groups in total. The van der Waals surface area contributed by atoms with Crippen LogP contribution in [0.15, 0.2) is 18.3 Å². The van der Waals surface area contributed by atoms with Gasteiger partial charge in [-0.05, 0) is 32.9 Å². The predicted octanol–water partition coefficient (Wildman–Crippen LogP) is 0.850. The molecule has 0 saturated carbocycles. The molecule has 0 aromatic carbocycles. The lowest BCUT2D eigenvalue weighted by Crippen LogP contribution is -2.62. The normalized spacial score (nSPS) is 20.4. The Morgan fingerprint density at radius 1 is 1.50 bits per heavy atom. The molecule has 1 aliphatic rings. The van der Waals surface area contributed by atoms with Crippen LogP contribution < -0.4 is 10.2 Å². The number of piperazine rings is 1. The average Bonchev–Trinajstić information content (AvgIpc) is 2.33. The minimum atomic E-state index is -0.577. The fourth-order valence-electron chi connectivity index (χ4n) is 2.16. The van der Waals surface area contributed by atoms with E-state index in [0.29, 0.717) is 12.2 Å². The molecule has 0 bridgehead atoms. The summed E-state index contributed by atoms with van der Waals surface area (Å²) >= 11 is 0. The molecule has 1 aromatic rings. The van der Waals surface area contributed by atoms with Gasteiger partial charge in [0.25, 0.3) is 0 Å². The predicted molar refractivity (Wildman–Crippen MR) is 69.3 cm³/mol. The van der Waals surface area contributed by atoms with Crippen LogP contribution in [0.3, 0.4) is 0 Å². The maximum Gasteiger partial charge on any atom is 0.245 e. The van der Waals surface area contributed by atoms with Crippen molar-refractivity contribution in [2.75, 3.05) is 18.0 Å². The Morgan fingerprint density at radius 3 is 2.78 bits per heavy atom. The number of anilines is 1. The van der Waals surface area contributed by atoms with Gasteiger partial charge in [0, 0.05) is 13.1 Å². The Labute approximate surface area is 107 Å². The van der Waals surface area contributed by atoms with E-state index in [-0.39, 0.29) is 5.91 Å². The molecule has 98 valence electrons. The molecule has 5 heteroatoms. The number of carbonyl (C=O) groups excluding carboxylic acids is 1. The molecule has 0 radical (unpaired) electrons. The Balaban J connectivity index is 2.27. The smallest absolute Gasteiger partial charge is 0.245 e. The van der Waals surface area contributed by atoms with Crippen molar-refractivity contribution in [1.82, 2.24) is 10.3 Å². The molecule has 0 spiro atoms. The first-order valence-corrected chi connectivity index (χ1v) is 6.13. The van der Waals surface area contributed by atoms with Crippen LogP contribution in [-0.4, -0.2) is 34.6 Å². The van der Waals surface area contributed by atoms with Gasteiger partial charge >= 0.3 is 0 Å². The van der Waals surface area contributed by atoms with Gasteiger partial charge in [0.1, 0.15) is 5.54 Å². The second-order valence-electron chi connectivity index (χ2n) is 5.08. The van der Waals surface area contributed by atoms with Crippen LogP contribution in [0.4, 0.5) is 5.69 Å². The number of hydrogen-bond acceptors (Lipinski definition) is 4. The second kappa shape index (κ2) is 4.57. The summed E-state index contributed by atoms with van der Waals surface area (Å²) in [6.45, 7) is 6.86.